The zero-order valence-corrected chi connectivity index (χ0v) is 15.5. The van der Waals surface area contributed by atoms with Crippen molar-refractivity contribution in [3.8, 4) is 5.75 Å². The number of nitrogens with zero attached hydrogens (tertiary/aromatic N) is 4. The Bertz CT molecular complexity index is 758. The number of likely N-dealkylation sites (tertiary alicyclic amines) is 1. The third-order valence-corrected chi connectivity index (χ3v) is 4.86. The first-order valence-electron chi connectivity index (χ1n) is 8.86. The van der Waals surface area contributed by atoms with Gasteiger partial charge >= 0.3 is 0 Å². The fraction of sp³-hybridized carbons (Fsp3) is 0.474. The minimum Gasteiger partial charge on any atom is -0.496 e. The molecular weight excluding hydrogens is 330 g/mol. The van der Waals surface area contributed by atoms with Crippen LogP contribution in [0, 0.1) is 13.8 Å². The average Bonchev–Trinajstić information content (AvgIpc) is 2.66. The monoisotopic (exact) mass is 355 g/mol. The van der Waals surface area contributed by atoms with Gasteiger partial charge in [0.25, 0.3) is 5.91 Å². The standard InChI is InChI=1S/C19H25N5O2/c1-13-10-21-17(14(2)18(13)26-3)11-24-8-5-15(6-9-24)23-19(25)16-4-7-20-12-22-16/h4,7,10,12,15H,5-6,8-9,11H2,1-3H3,(H,23,25). The van der Waals surface area contributed by atoms with E-state index in [1.807, 2.05) is 13.1 Å². The number of carbonyl (C=O) groups excluding carboxylic acids is 1. The van der Waals surface area contributed by atoms with Crippen molar-refractivity contribution in [3.05, 3.63) is 47.3 Å². The lowest BCUT2D eigenvalue weighted by molar-refractivity contribution is 0.0903. The summed E-state index contributed by atoms with van der Waals surface area (Å²) in [7, 11) is 1.70. The third kappa shape index (κ3) is 4.16. The van der Waals surface area contributed by atoms with Gasteiger partial charge in [0.2, 0.25) is 0 Å². The number of rotatable bonds is 5. The summed E-state index contributed by atoms with van der Waals surface area (Å²) < 4.78 is 5.49. The largest absolute Gasteiger partial charge is 0.496 e. The highest BCUT2D eigenvalue weighted by Crippen LogP contribution is 2.25. The van der Waals surface area contributed by atoms with Crippen LogP contribution in [0.3, 0.4) is 0 Å². The predicted octanol–water partition coefficient (Wildman–Crippen LogP) is 1.89. The summed E-state index contributed by atoms with van der Waals surface area (Å²) in [5.41, 5.74) is 3.62. The molecule has 0 radical (unpaired) electrons. The molecule has 3 rings (SSSR count). The Morgan fingerprint density at radius 2 is 2.08 bits per heavy atom. The summed E-state index contributed by atoms with van der Waals surface area (Å²) >= 11 is 0. The Labute approximate surface area is 153 Å². The lowest BCUT2D eigenvalue weighted by atomic mass is 10.0. The summed E-state index contributed by atoms with van der Waals surface area (Å²) in [6.07, 6.45) is 6.67. The maximum absolute atomic E-state index is 12.2. The number of piperidine rings is 1. The van der Waals surface area contributed by atoms with Crippen LogP contribution < -0.4 is 10.1 Å². The van der Waals surface area contributed by atoms with Crippen molar-refractivity contribution in [2.45, 2.75) is 39.3 Å². The molecule has 0 bridgehead atoms. The van der Waals surface area contributed by atoms with Crippen molar-refractivity contribution in [1.82, 2.24) is 25.2 Å². The number of amides is 1. The van der Waals surface area contributed by atoms with Crippen LogP contribution in [0.5, 0.6) is 5.75 Å². The summed E-state index contributed by atoms with van der Waals surface area (Å²) in [6.45, 7) is 6.71. The van der Waals surface area contributed by atoms with Gasteiger partial charge in [-0.05, 0) is 32.8 Å². The zero-order chi connectivity index (χ0) is 18.5. The van der Waals surface area contributed by atoms with E-state index in [-0.39, 0.29) is 11.9 Å². The van der Waals surface area contributed by atoms with Gasteiger partial charge in [-0.3, -0.25) is 14.7 Å². The molecular formula is C19H25N5O2. The van der Waals surface area contributed by atoms with Crippen LogP contribution in [0.25, 0.3) is 0 Å². The SMILES string of the molecule is COc1c(C)cnc(CN2CCC(NC(=O)c3ccncn3)CC2)c1C. The minimum atomic E-state index is -0.133. The minimum absolute atomic E-state index is 0.133. The van der Waals surface area contributed by atoms with E-state index in [0.717, 1.165) is 55.0 Å². The number of hydrogen-bond donors (Lipinski definition) is 1. The van der Waals surface area contributed by atoms with E-state index in [0.29, 0.717) is 5.69 Å². The Hall–Kier alpha value is -2.54. The van der Waals surface area contributed by atoms with Gasteiger partial charge in [0.05, 0.1) is 12.8 Å². The second kappa shape index (κ2) is 8.23. The molecule has 26 heavy (non-hydrogen) atoms. The van der Waals surface area contributed by atoms with Gasteiger partial charge in [0.1, 0.15) is 17.8 Å². The summed E-state index contributed by atoms with van der Waals surface area (Å²) in [4.78, 5) is 27.0. The Kier molecular flexibility index (Phi) is 5.78. The van der Waals surface area contributed by atoms with E-state index in [1.54, 1.807) is 19.4 Å². The van der Waals surface area contributed by atoms with E-state index in [1.165, 1.54) is 6.33 Å². The number of ether oxygens (including phenoxy) is 1. The molecule has 2 aromatic heterocycles. The molecule has 0 unspecified atom stereocenters. The number of carbonyl (C=O) groups is 1. The van der Waals surface area contributed by atoms with Crippen LogP contribution in [0.4, 0.5) is 0 Å². The quantitative estimate of drug-likeness (QED) is 0.882. The van der Waals surface area contributed by atoms with Crippen molar-refractivity contribution < 1.29 is 9.53 Å². The van der Waals surface area contributed by atoms with E-state index in [4.69, 9.17) is 4.74 Å². The van der Waals surface area contributed by atoms with Crippen LogP contribution in [-0.4, -0.2) is 52.0 Å². The molecule has 2 aromatic rings. The highest BCUT2D eigenvalue weighted by molar-refractivity contribution is 5.92. The third-order valence-electron chi connectivity index (χ3n) is 4.86. The molecule has 0 atom stereocenters. The maximum Gasteiger partial charge on any atom is 0.270 e. The predicted molar refractivity (Wildman–Crippen MR) is 98.1 cm³/mol. The lowest BCUT2D eigenvalue weighted by Crippen LogP contribution is -2.44. The molecule has 0 aliphatic carbocycles. The van der Waals surface area contributed by atoms with Gasteiger partial charge < -0.3 is 10.1 Å². The molecule has 1 N–H and O–H groups in total. The highest BCUT2D eigenvalue weighted by atomic mass is 16.5. The molecule has 3 heterocycles. The molecule has 138 valence electrons. The first-order chi connectivity index (χ1) is 12.6. The lowest BCUT2D eigenvalue weighted by Gasteiger charge is -2.32. The van der Waals surface area contributed by atoms with Gasteiger partial charge in [-0.25, -0.2) is 9.97 Å². The van der Waals surface area contributed by atoms with E-state index in [2.05, 4.69) is 32.1 Å². The Morgan fingerprint density at radius 1 is 1.31 bits per heavy atom. The number of pyridine rings is 1. The van der Waals surface area contributed by atoms with Crippen molar-refractivity contribution in [2.24, 2.45) is 0 Å². The van der Waals surface area contributed by atoms with Crippen LogP contribution in [0.1, 0.15) is 40.2 Å². The molecule has 0 aromatic carbocycles. The second-order valence-corrected chi connectivity index (χ2v) is 6.66. The number of hydrogen-bond acceptors (Lipinski definition) is 6. The number of methoxy groups -OCH3 is 1. The average molecular weight is 355 g/mol. The fourth-order valence-electron chi connectivity index (χ4n) is 3.36. The topological polar surface area (TPSA) is 80.2 Å². The first kappa shape index (κ1) is 18.3. The smallest absolute Gasteiger partial charge is 0.270 e. The van der Waals surface area contributed by atoms with Crippen molar-refractivity contribution in [3.63, 3.8) is 0 Å². The van der Waals surface area contributed by atoms with Crippen molar-refractivity contribution >= 4 is 5.91 Å². The molecule has 7 heteroatoms. The number of nitrogens with one attached hydrogen (secondary N) is 1. The van der Waals surface area contributed by atoms with Gasteiger partial charge in [-0.15, -0.1) is 0 Å². The summed E-state index contributed by atoms with van der Waals surface area (Å²) in [5, 5.41) is 3.07. The van der Waals surface area contributed by atoms with Crippen LogP contribution >= 0.6 is 0 Å². The molecule has 1 aliphatic rings. The highest BCUT2D eigenvalue weighted by Gasteiger charge is 2.22. The van der Waals surface area contributed by atoms with Gasteiger partial charge in [0.15, 0.2) is 0 Å². The maximum atomic E-state index is 12.2. The summed E-state index contributed by atoms with van der Waals surface area (Å²) in [6, 6.07) is 1.80. The van der Waals surface area contributed by atoms with Crippen LogP contribution in [0.2, 0.25) is 0 Å². The normalized spacial score (nSPS) is 15.7. The molecule has 1 saturated heterocycles. The van der Waals surface area contributed by atoms with Gasteiger partial charge in [-0.1, -0.05) is 0 Å². The van der Waals surface area contributed by atoms with Crippen LogP contribution in [0.15, 0.2) is 24.8 Å². The van der Waals surface area contributed by atoms with Gasteiger partial charge in [0, 0.05) is 49.2 Å². The van der Waals surface area contributed by atoms with E-state index >= 15 is 0 Å². The van der Waals surface area contributed by atoms with E-state index < -0.39 is 0 Å². The van der Waals surface area contributed by atoms with Crippen molar-refractivity contribution in [2.75, 3.05) is 20.2 Å². The fourth-order valence-corrected chi connectivity index (χ4v) is 3.36. The molecule has 1 amide bonds. The van der Waals surface area contributed by atoms with Crippen molar-refractivity contribution in [1.29, 1.82) is 0 Å². The van der Waals surface area contributed by atoms with Gasteiger partial charge in [-0.2, -0.15) is 0 Å². The van der Waals surface area contributed by atoms with E-state index in [9.17, 15) is 4.79 Å². The first-order valence-corrected chi connectivity index (χ1v) is 8.86. The number of aromatic nitrogens is 3. The molecule has 1 aliphatic heterocycles. The molecule has 7 nitrogen and oxygen atoms in total. The Morgan fingerprint density at radius 3 is 2.73 bits per heavy atom. The number of aryl methyl sites for hydroxylation is 1. The molecule has 0 spiro atoms. The van der Waals surface area contributed by atoms with Crippen LogP contribution in [-0.2, 0) is 6.54 Å². The zero-order valence-electron chi connectivity index (χ0n) is 15.5. The summed E-state index contributed by atoms with van der Waals surface area (Å²) in [5.74, 6) is 0.786. The second-order valence-electron chi connectivity index (χ2n) is 6.66. The molecule has 1 fully saturated rings. The molecule has 0 saturated carbocycles. The Balaban J connectivity index is 1.54.